The van der Waals surface area contributed by atoms with Gasteiger partial charge in [0.05, 0.1) is 25.1 Å². The highest BCUT2D eigenvalue weighted by Crippen LogP contribution is 2.29. The van der Waals surface area contributed by atoms with Crippen molar-refractivity contribution in [2.45, 2.75) is 25.2 Å². The second kappa shape index (κ2) is 9.85. The van der Waals surface area contributed by atoms with Crippen LogP contribution in [0.5, 0.6) is 5.75 Å². The molecule has 0 aromatic heterocycles. The lowest BCUT2D eigenvalue weighted by Gasteiger charge is -2.20. The number of hydrogen-bond acceptors (Lipinski definition) is 4. The number of methoxy groups -OCH3 is 1. The molecule has 2 atom stereocenters. The normalized spacial score (nSPS) is 20.1. The minimum absolute atomic E-state index is 0.0942. The van der Waals surface area contributed by atoms with Crippen molar-refractivity contribution >= 4 is 23.5 Å². The van der Waals surface area contributed by atoms with Crippen LogP contribution < -0.4 is 20.3 Å². The van der Waals surface area contributed by atoms with Crippen molar-refractivity contribution in [2.24, 2.45) is 5.92 Å². The lowest BCUT2D eigenvalue weighted by molar-refractivity contribution is -0.137. The smallest absolute Gasteiger partial charge is 0.416 e. The van der Waals surface area contributed by atoms with Crippen LogP contribution in [-0.2, 0) is 22.3 Å². The molecule has 2 aromatic carbocycles. The van der Waals surface area contributed by atoms with E-state index in [-0.39, 0.29) is 37.5 Å². The van der Waals surface area contributed by atoms with E-state index in [0.717, 1.165) is 12.1 Å². The van der Waals surface area contributed by atoms with Crippen molar-refractivity contribution in [3.8, 4) is 5.75 Å². The van der Waals surface area contributed by atoms with Crippen molar-refractivity contribution in [1.29, 1.82) is 0 Å². The number of benzene rings is 2. The number of alkyl halides is 3. The SMILES string of the molecule is COc1ccc(N2CC(C(=O)N3CCC(C(=O)NCc4ccc(C(F)(F)F)cc4)C3)NC2=O)cc1. The third-order valence-corrected chi connectivity index (χ3v) is 6.21. The highest BCUT2D eigenvalue weighted by atomic mass is 19.4. The Morgan fingerprint density at radius 1 is 1.09 bits per heavy atom. The molecule has 0 bridgehead atoms. The predicted octanol–water partition coefficient (Wildman–Crippen LogP) is 2.78. The number of hydrogen-bond donors (Lipinski definition) is 2. The lowest BCUT2D eigenvalue weighted by atomic mass is 10.1. The number of carbonyl (C=O) groups excluding carboxylic acids is 3. The summed E-state index contributed by atoms with van der Waals surface area (Å²) in [7, 11) is 1.55. The van der Waals surface area contributed by atoms with E-state index in [2.05, 4.69) is 10.6 Å². The molecule has 35 heavy (non-hydrogen) atoms. The highest BCUT2D eigenvalue weighted by Gasteiger charge is 2.40. The molecule has 8 nitrogen and oxygen atoms in total. The first-order chi connectivity index (χ1) is 16.7. The number of anilines is 1. The Balaban J connectivity index is 1.28. The fourth-order valence-corrected chi connectivity index (χ4v) is 4.20. The molecule has 0 aliphatic carbocycles. The minimum atomic E-state index is -4.41. The summed E-state index contributed by atoms with van der Waals surface area (Å²) in [5.41, 5.74) is 0.437. The zero-order chi connectivity index (χ0) is 25.2. The highest BCUT2D eigenvalue weighted by molar-refractivity contribution is 6.00. The van der Waals surface area contributed by atoms with Crippen molar-refractivity contribution < 1.29 is 32.3 Å². The van der Waals surface area contributed by atoms with Gasteiger partial charge in [-0.2, -0.15) is 13.2 Å². The Hall–Kier alpha value is -3.76. The van der Waals surface area contributed by atoms with Gasteiger partial charge in [-0.1, -0.05) is 12.1 Å². The largest absolute Gasteiger partial charge is 0.497 e. The Bertz CT molecular complexity index is 1090. The number of rotatable bonds is 6. The van der Waals surface area contributed by atoms with Crippen LogP contribution >= 0.6 is 0 Å². The molecule has 11 heteroatoms. The molecule has 2 heterocycles. The molecule has 186 valence electrons. The molecule has 2 aliphatic rings. The van der Waals surface area contributed by atoms with Crippen LogP contribution in [0, 0.1) is 5.92 Å². The number of amides is 4. The predicted molar refractivity (Wildman–Crippen MR) is 121 cm³/mol. The third-order valence-electron chi connectivity index (χ3n) is 6.21. The number of nitrogens with one attached hydrogen (secondary N) is 2. The first-order valence-corrected chi connectivity index (χ1v) is 11.1. The van der Waals surface area contributed by atoms with Gasteiger partial charge in [0, 0.05) is 25.3 Å². The van der Waals surface area contributed by atoms with Crippen LogP contribution in [0.15, 0.2) is 48.5 Å². The molecular formula is C24H25F3N4O4. The molecule has 2 unspecified atom stereocenters. The van der Waals surface area contributed by atoms with E-state index < -0.39 is 23.7 Å². The Morgan fingerprint density at radius 3 is 2.40 bits per heavy atom. The topological polar surface area (TPSA) is 91.0 Å². The Kier molecular flexibility index (Phi) is 6.86. The van der Waals surface area contributed by atoms with Gasteiger partial charge < -0.3 is 20.3 Å². The van der Waals surface area contributed by atoms with Gasteiger partial charge in [-0.25, -0.2) is 4.79 Å². The maximum Gasteiger partial charge on any atom is 0.416 e. The van der Waals surface area contributed by atoms with E-state index in [1.165, 1.54) is 17.0 Å². The second-order valence-electron chi connectivity index (χ2n) is 8.49. The number of urea groups is 1. The van der Waals surface area contributed by atoms with E-state index in [4.69, 9.17) is 4.74 Å². The lowest BCUT2D eigenvalue weighted by Crippen LogP contribution is -2.45. The zero-order valence-electron chi connectivity index (χ0n) is 19.0. The summed E-state index contributed by atoms with van der Waals surface area (Å²) in [5, 5.41) is 5.42. The summed E-state index contributed by atoms with van der Waals surface area (Å²) in [4.78, 5) is 41.0. The summed E-state index contributed by atoms with van der Waals surface area (Å²) in [5.74, 6) is -0.299. The standard InChI is InChI=1S/C24H25F3N4O4/c1-35-19-8-6-18(7-9-19)31-14-20(29-23(31)34)22(33)30-11-10-16(13-30)21(32)28-12-15-2-4-17(5-3-15)24(25,26)27/h2-9,16,20H,10-14H2,1H3,(H,28,32)(H,29,34). The van der Waals surface area contributed by atoms with Crippen molar-refractivity contribution in [3.05, 3.63) is 59.7 Å². The van der Waals surface area contributed by atoms with Gasteiger partial charge in [0.15, 0.2) is 0 Å². The summed E-state index contributed by atoms with van der Waals surface area (Å²) in [6, 6.07) is 10.4. The average Bonchev–Trinajstić information content (AvgIpc) is 3.49. The van der Waals surface area contributed by atoms with E-state index in [1.54, 1.807) is 36.3 Å². The maximum atomic E-state index is 13.0. The van der Waals surface area contributed by atoms with Crippen LogP contribution in [0.4, 0.5) is 23.7 Å². The summed E-state index contributed by atoms with van der Waals surface area (Å²) in [6.07, 6.45) is -3.94. The Morgan fingerprint density at radius 2 is 1.77 bits per heavy atom. The van der Waals surface area contributed by atoms with Gasteiger partial charge in [0.25, 0.3) is 0 Å². The molecule has 0 spiro atoms. The van der Waals surface area contributed by atoms with Crippen molar-refractivity contribution in [2.75, 3.05) is 31.6 Å². The molecule has 0 radical (unpaired) electrons. The van der Waals surface area contributed by atoms with Crippen LogP contribution in [-0.4, -0.2) is 55.5 Å². The van der Waals surface area contributed by atoms with Gasteiger partial charge in [0.1, 0.15) is 11.8 Å². The van der Waals surface area contributed by atoms with Crippen molar-refractivity contribution in [3.63, 3.8) is 0 Å². The molecule has 0 saturated carbocycles. The quantitative estimate of drug-likeness (QED) is 0.652. The van der Waals surface area contributed by atoms with Gasteiger partial charge in [-0.3, -0.25) is 14.5 Å². The first-order valence-electron chi connectivity index (χ1n) is 11.1. The van der Waals surface area contributed by atoms with E-state index in [1.807, 2.05) is 0 Å². The summed E-state index contributed by atoms with van der Waals surface area (Å²) < 4.78 is 43.2. The Labute approximate surface area is 200 Å². The monoisotopic (exact) mass is 490 g/mol. The third kappa shape index (κ3) is 5.50. The second-order valence-corrected chi connectivity index (χ2v) is 8.49. The number of ether oxygens (including phenoxy) is 1. The van der Waals surface area contributed by atoms with E-state index >= 15 is 0 Å². The summed E-state index contributed by atoms with van der Waals surface area (Å²) in [6.45, 7) is 0.862. The van der Waals surface area contributed by atoms with Gasteiger partial charge in [-0.05, 0) is 48.4 Å². The summed E-state index contributed by atoms with van der Waals surface area (Å²) >= 11 is 0. The van der Waals surface area contributed by atoms with Crippen LogP contribution in [0.2, 0.25) is 0 Å². The minimum Gasteiger partial charge on any atom is -0.497 e. The van der Waals surface area contributed by atoms with Crippen LogP contribution in [0.25, 0.3) is 0 Å². The molecule has 2 fully saturated rings. The molecule has 4 rings (SSSR count). The molecular weight excluding hydrogens is 465 g/mol. The van der Waals surface area contributed by atoms with Crippen LogP contribution in [0.1, 0.15) is 17.5 Å². The molecule has 2 N–H and O–H groups in total. The van der Waals surface area contributed by atoms with E-state index in [0.29, 0.717) is 30.0 Å². The zero-order valence-corrected chi connectivity index (χ0v) is 19.0. The van der Waals surface area contributed by atoms with Gasteiger partial charge in [0.2, 0.25) is 11.8 Å². The van der Waals surface area contributed by atoms with Crippen molar-refractivity contribution in [1.82, 2.24) is 15.5 Å². The van der Waals surface area contributed by atoms with Gasteiger partial charge in [-0.15, -0.1) is 0 Å². The number of halogens is 3. The number of carbonyl (C=O) groups is 3. The maximum absolute atomic E-state index is 13.0. The fourth-order valence-electron chi connectivity index (χ4n) is 4.20. The first kappa shape index (κ1) is 24.4. The molecule has 4 amide bonds. The molecule has 2 saturated heterocycles. The number of likely N-dealkylation sites (tertiary alicyclic amines) is 1. The molecule has 2 aromatic rings. The van der Waals surface area contributed by atoms with E-state index in [9.17, 15) is 27.6 Å². The molecule has 2 aliphatic heterocycles. The van der Waals surface area contributed by atoms with Gasteiger partial charge >= 0.3 is 12.2 Å². The number of nitrogens with zero attached hydrogens (tertiary/aromatic N) is 2. The fraction of sp³-hybridized carbons (Fsp3) is 0.375. The average molecular weight is 490 g/mol. The van der Waals surface area contributed by atoms with Crippen LogP contribution in [0.3, 0.4) is 0 Å².